The van der Waals surface area contributed by atoms with Gasteiger partial charge in [-0.15, -0.1) is 5.73 Å². The molecule has 6 nitrogen and oxygen atoms in total. The highest BCUT2D eigenvalue weighted by Crippen LogP contribution is 2.26. The molecular formula is C32H40N2O4S2. The minimum absolute atomic E-state index is 0.251. The average Bonchev–Trinajstić information content (AvgIpc) is 2.89. The highest BCUT2D eigenvalue weighted by Gasteiger charge is 2.27. The molecule has 40 heavy (non-hydrogen) atoms. The van der Waals surface area contributed by atoms with E-state index in [0.29, 0.717) is 42.2 Å². The molecule has 2 aliphatic heterocycles. The first-order valence-electron chi connectivity index (χ1n) is 14.7. The summed E-state index contributed by atoms with van der Waals surface area (Å²) in [6, 6.07) is 10.5. The van der Waals surface area contributed by atoms with Gasteiger partial charge in [0.15, 0.2) is 0 Å². The van der Waals surface area contributed by atoms with E-state index in [1.807, 2.05) is 25.1 Å². The lowest BCUT2D eigenvalue weighted by Gasteiger charge is -2.24. The Hall–Kier alpha value is -2.48. The van der Waals surface area contributed by atoms with Crippen molar-refractivity contribution in [1.29, 1.82) is 0 Å². The van der Waals surface area contributed by atoms with E-state index in [2.05, 4.69) is 12.3 Å². The van der Waals surface area contributed by atoms with Crippen molar-refractivity contribution >= 4 is 53.9 Å². The summed E-state index contributed by atoms with van der Waals surface area (Å²) in [5, 5.41) is 4.53. The zero-order chi connectivity index (χ0) is 28.3. The topological polar surface area (TPSA) is 74.8 Å². The molecule has 214 valence electrons. The maximum absolute atomic E-state index is 13.7. The molecule has 2 aliphatic rings. The van der Waals surface area contributed by atoms with Crippen LogP contribution in [0.3, 0.4) is 0 Å². The van der Waals surface area contributed by atoms with Gasteiger partial charge in [0.05, 0.1) is 9.79 Å². The molecule has 2 saturated heterocycles. The van der Waals surface area contributed by atoms with E-state index < -0.39 is 20.0 Å². The number of rotatable bonds is 4. The van der Waals surface area contributed by atoms with Crippen LogP contribution in [-0.2, 0) is 20.0 Å². The van der Waals surface area contributed by atoms with Crippen LogP contribution < -0.4 is 10.4 Å². The lowest BCUT2D eigenvalue weighted by Crippen LogP contribution is -2.34. The van der Waals surface area contributed by atoms with E-state index in [4.69, 9.17) is 0 Å². The van der Waals surface area contributed by atoms with Crippen LogP contribution in [-0.4, -0.2) is 51.6 Å². The van der Waals surface area contributed by atoms with Gasteiger partial charge in [0, 0.05) is 31.4 Å². The van der Waals surface area contributed by atoms with Crippen LogP contribution in [0.4, 0.5) is 0 Å². The summed E-state index contributed by atoms with van der Waals surface area (Å²) >= 11 is 0. The number of hydrogen-bond donors (Lipinski definition) is 0. The van der Waals surface area contributed by atoms with E-state index in [-0.39, 0.29) is 9.79 Å². The molecule has 0 unspecified atom stereocenters. The molecule has 8 heteroatoms. The van der Waals surface area contributed by atoms with Gasteiger partial charge in [-0.05, 0) is 89.7 Å². The predicted molar refractivity (Wildman–Crippen MR) is 164 cm³/mol. The third kappa shape index (κ3) is 5.65. The lowest BCUT2D eigenvalue weighted by atomic mass is 9.98. The van der Waals surface area contributed by atoms with E-state index in [1.54, 1.807) is 32.9 Å². The maximum atomic E-state index is 13.7. The average molecular weight is 581 g/mol. The number of allylic oxidation sites excluding steroid dienone is 1. The summed E-state index contributed by atoms with van der Waals surface area (Å²) in [4.78, 5) is 0.501. The van der Waals surface area contributed by atoms with E-state index in [1.165, 1.54) is 0 Å². The summed E-state index contributed by atoms with van der Waals surface area (Å²) in [7, 11) is -7.33. The predicted octanol–water partition coefficient (Wildman–Crippen LogP) is 5.27. The van der Waals surface area contributed by atoms with E-state index in [9.17, 15) is 16.8 Å². The first-order chi connectivity index (χ1) is 19.2. The van der Waals surface area contributed by atoms with Crippen LogP contribution in [0.15, 0.2) is 52.3 Å². The first-order valence-corrected chi connectivity index (χ1v) is 17.5. The van der Waals surface area contributed by atoms with Crippen molar-refractivity contribution in [3.63, 3.8) is 0 Å². The van der Waals surface area contributed by atoms with Crippen molar-refractivity contribution in [2.24, 2.45) is 0 Å². The Morgan fingerprint density at radius 3 is 1.38 bits per heavy atom. The highest BCUT2D eigenvalue weighted by molar-refractivity contribution is 7.89. The number of benzene rings is 3. The highest BCUT2D eigenvalue weighted by atomic mass is 32.2. The number of hydrogen-bond acceptors (Lipinski definition) is 4. The van der Waals surface area contributed by atoms with Gasteiger partial charge in [0.2, 0.25) is 20.0 Å². The minimum Gasteiger partial charge on any atom is -0.207 e. The monoisotopic (exact) mass is 580 g/mol. The van der Waals surface area contributed by atoms with Crippen molar-refractivity contribution < 1.29 is 16.8 Å². The second kappa shape index (κ2) is 12.2. The van der Waals surface area contributed by atoms with Crippen LogP contribution in [0.25, 0.3) is 33.9 Å². The van der Waals surface area contributed by atoms with Gasteiger partial charge < -0.3 is 0 Å². The molecule has 2 fully saturated rings. The Balaban J connectivity index is 1.67. The van der Waals surface area contributed by atoms with Crippen LogP contribution in [0.5, 0.6) is 0 Å². The molecule has 0 N–H and O–H groups in total. The van der Waals surface area contributed by atoms with Crippen molar-refractivity contribution in [1.82, 2.24) is 8.61 Å². The summed E-state index contributed by atoms with van der Waals surface area (Å²) < 4.78 is 58.0. The molecule has 0 bridgehead atoms. The Labute approximate surface area is 238 Å². The normalized spacial score (nSPS) is 18.9. The van der Waals surface area contributed by atoms with Gasteiger partial charge in [-0.3, -0.25) is 0 Å². The zero-order valence-corrected chi connectivity index (χ0v) is 25.1. The fourth-order valence-corrected chi connectivity index (χ4v) is 9.20. The minimum atomic E-state index is -3.67. The molecular weight excluding hydrogens is 540 g/mol. The van der Waals surface area contributed by atoms with Gasteiger partial charge in [-0.1, -0.05) is 57.2 Å². The second-order valence-corrected chi connectivity index (χ2v) is 14.9. The Morgan fingerprint density at radius 2 is 1.00 bits per heavy atom. The fraction of sp³-hybridized carbons (Fsp3) is 0.469. The number of fused-ring (bicyclic) bond motifs is 2. The Bertz CT molecular complexity index is 1640. The van der Waals surface area contributed by atoms with Gasteiger partial charge in [0.1, 0.15) is 0 Å². The first kappa shape index (κ1) is 29.0. The molecule has 3 aromatic rings. The SMILES string of the molecule is C=c1c2cc(S(=O)(=O)N3CCCCCCC3)ccc2c(=C=CC)c2ccc(S(=O)(=O)N3CCCCCCC3)cc12. The third-order valence-corrected chi connectivity index (χ3v) is 12.2. The molecule has 3 aromatic carbocycles. The quantitative estimate of drug-likeness (QED) is 0.394. The van der Waals surface area contributed by atoms with Crippen molar-refractivity contribution in [3.8, 4) is 0 Å². The van der Waals surface area contributed by atoms with Crippen LogP contribution >= 0.6 is 0 Å². The molecule has 0 atom stereocenters. The number of nitrogens with zero attached hydrogens (tertiary/aromatic N) is 2. The largest absolute Gasteiger partial charge is 0.243 e. The van der Waals surface area contributed by atoms with Crippen LogP contribution in [0, 0.1) is 0 Å². The molecule has 2 heterocycles. The van der Waals surface area contributed by atoms with Gasteiger partial charge in [-0.2, -0.15) is 8.61 Å². The molecule has 0 amide bonds. The van der Waals surface area contributed by atoms with Gasteiger partial charge >= 0.3 is 0 Å². The smallest absolute Gasteiger partial charge is 0.207 e. The summed E-state index contributed by atoms with van der Waals surface area (Å²) in [6.07, 6.45) is 11.8. The summed E-state index contributed by atoms with van der Waals surface area (Å²) in [5.41, 5.74) is 3.32. The van der Waals surface area contributed by atoms with Gasteiger partial charge in [0.25, 0.3) is 0 Å². The fourth-order valence-electron chi connectivity index (χ4n) is 6.11. The summed E-state index contributed by atoms with van der Waals surface area (Å²) in [6.45, 7) is 8.37. The van der Waals surface area contributed by atoms with Crippen molar-refractivity contribution in [2.75, 3.05) is 26.2 Å². The van der Waals surface area contributed by atoms with E-state index in [0.717, 1.165) is 80.2 Å². The molecule has 5 rings (SSSR count). The van der Waals surface area contributed by atoms with Crippen LogP contribution in [0.2, 0.25) is 0 Å². The second-order valence-electron chi connectivity index (χ2n) is 11.0. The van der Waals surface area contributed by atoms with Crippen LogP contribution in [0.1, 0.15) is 71.1 Å². The molecule has 0 saturated carbocycles. The molecule has 0 radical (unpaired) electrons. The molecule has 0 aromatic heterocycles. The third-order valence-electron chi connectivity index (χ3n) is 8.37. The maximum Gasteiger partial charge on any atom is 0.243 e. The number of sulfonamides is 2. The Morgan fingerprint density at radius 1 is 0.625 bits per heavy atom. The Kier molecular flexibility index (Phi) is 8.83. The van der Waals surface area contributed by atoms with Crippen molar-refractivity contribution in [2.45, 2.75) is 80.9 Å². The molecule has 0 aliphatic carbocycles. The molecule has 0 spiro atoms. The van der Waals surface area contributed by atoms with E-state index >= 15 is 0 Å². The zero-order valence-electron chi connectivity index (χ0n) is 23.5. The lowest BCUT2D eigenvalue weighted by molar-refractivity contribution is 0.364. The van der Waals surface area contributed by atoms with Gasteiger partial charge in [-0.25, -0.2) is 16.8 Å². The standard InChI is InChI=1S/C32H40N2O4S2/c1-3-14-28-29-17-15-26(39(35,36)33-19-10-6-4-7-11-20-33)23-31(29)25(2)32-24-27(16-18-30(28)32)40(37,38)34-21-12-8-5-9-13-22-34/h3,15-18,23-24H,2,4-13,19-22H2,1H3. The summed E-state index contributed by atoms with van der Waals surface area (Å²) in [5.74, 6) is 0. The van der Waals surface area contributed by atoms with Crippen molar-refractivity contribution in [3.05, 3.63) is 52.9 Å².